The Morgan fingerprint density at radius 1 is 1.50 bits per heavy atom. The van der Waals surface area contributed by atoms with Gasteiger partial charge in [0.1, 0.15) is 12.3 Å². The van der Waals surface area contributed by atoms with Crippen molar-refractivity contribution in [2.45, 2.75) is 19.0 Å². The van der Waals surface area contributed by atoms with E-state index in [2.05, 4.69) is 5.32 Å². The monoisotopic (exact) mass is 278 g/mol. The zero-order chi connectivity index (χ0) is 14.5. The quantitative estimate of drug-likeness (QED) is 0.635. The van der Waals surface area contributed by atoms with Crippen LogP contribution in [0.25, 0.3) is 0 Å². The topological polar surface area (TPSA) is 82.9 Å². The molecule has 1 fully saturated rings. The molecule has 6 heteroatoms. The van der Waals surface area contributed by atoms with Crippen LogP contribution in [-0.4, -0.2) is 38.1 Å². The summed E-state index contributed by atoms with van der Waals surface area (Å²) in [6.07, 6.45) is -0.268. The zero-order valence-electron chi connectivity index (χ0n) is 11.3. The van der Waals surface area contributed by atoms with E-state index in [9.17, 15) is 14.7 Å². The number of aliphatic carboxylic acids is 1. The second-order valence-electron chi connectivity index (χ2n) is 4.82. The average molecular weight is 278 g/mol. The highest BCUT2D eigenvalue weighted by Crippen LogP contribution is 2.16. The van der Waals surface area contributed by atoms with E-state index in [0.717, 1.165) is 16.2 Å². The maximum absolute atomic E-state index is 11.8. The van der Waals surface area contributed by atoms with Crippen molar-refractivity contribution in [1.82, 2.24) is 5.32 Å². The fraction of sp³-hybridized carbons (Fsp3) is 0.429. The van der Waals surface area contributed by atoms with Crippen LogP contribution in [0.3, 0.4) is 0 Å². The van der Waals surface area contributed by atoms with Crippen LogP contribution in [0.5, 0.6) is 5.75 Å². The van der Waals surface area contributed by atoms with Gasteiger partial charge < -0.3 is 24.9 Å². The summed E-state index contributed by atoms with van der Waals surface area (Å²) in [6, 6.07) is 6.94. The van der Waals surface area contributed by atoms with Crippen molar-refractivity contribution in [3.8, 4) is 5.75 Å². The fourth-order valence-corrected chi connectivity index (χ4v) is 2.54. The Morgan fingerprint density at radius 3 is 2.95 bits per heavy atom. The first-order chi connectivity index (χ1) is 9.61. The van der Waals surface area contributed by atoms with Crippen LogP contribution in [0, 0.1) is 0 Å². The summed E-state index contributed by atoms with van der Waals surface area (Å²) in [5.74, 6) is -0.687. The van der Waals surface area contributed by atoms with Gasteiger partial charge in [0.2, 0.25) is 0 Å². The Morgan fingerprint density at radius 2 is 2.25 bits per heavy atom. The minimum absolute atomic E-state index is 0.231. The molecular formula is C14H18N2O4. The van der Waals surface area contributed by atoms with Gasteiger partial charge in [0.25, 0.3) is 5.91 Å². The molecule has 20 heavy (non-hydrogen) atoms. The lowest BCUT2D eigenvalue weighted by atomic mass is 10.1. The third-order valence-corrected chi connectivity index (χ3v) is 3.54. The summed E-state index contributed by atoms with van der Waals surface area (Å²) in [5, 5.41) is 13.5. The van der Waals surface area contributed by atoms with Crippen molar-refractivity contribution in [2.75, 3.05) is 20.2 Å². The summed E-state index contributed by atoms with van der Waals surface area (Å²) in [7, 11) is 1.59. The standard InChI is InChI=1S/C14H18N2O4/c1-20-12-5-3-2-4-10(12)9-16-7-6-15-14(19)11(16)8-13(17)18/h2-5,11H,6-9H2,1H3,(H,15,19)(H,17,18)/t11-/m0/s1. The van der Waals surface area contributed by atoms with Crippen molar-refractivity contribution in [2.24, 2.45) is 0 Å². The minimum atomic E-state index is -1.20. The highest BCUT2D eigenvalue weighted by molar-refractivity contribution is 5.84. The molecule has 1 amide bonds. The lowest BCUT2D eigenvalue weighted by Crippen LogP contribution is -3.18. The number of piperazine rings is 1. The van der Waals surface area contributed by atoms with E-state index in [0.29, 0.717) is 19.6 Å². The molecule has 2 N–H and O–H groups in total. The fourth-order valence-electron chi connectivity index (χ4n) is 2.54. The van der Waals surface area contributed by atoms with Crippen LogP contribution in [0.1, 0.15) is 12.0 Å². The Balaban J connectivity index is 2.16. The number of benzene rings is 1. The Labute approximate surface area is 117 Å². The number of carboxylic acids is 1. The van der Waals surface area contributed by atoms with E-state index in [4.69, 9.17) is 4.74 Å². The van der Waals surface area contributed by atoms with Gasteiger partial charge in [0.05, 0.1) is 20.2 Å². The smallest absolute Gasteiger partial charge is 0.278 e. The number of nitrogens with one attached hydrogen (secondary N) is 2. The van der Waals surface area contributed by atoms with E-state index in [-0.39, 0.29) is 12.3 Å². The van der Waals surface area contributed by atoms with Gasteiger partial charge in [-0.25, -0.2) is 0 Å². The largest absolute Gasteiger partial charge is 0.550 e. The summed E-state index contributed by atoms with van der Waals surface area (Å²) in [4.78, 5) is 23.6. The SMILES string of the molecule is COc1ccccc1C[NH+]1CCNC(=O)[C@@H]1CC(=O)[O-]. The van der Waals surface area contributed by atoms with Crippen molar-refractivity contribution < 1.29 is 24.3 Å². The number of para-hydroxylation sites is 1. The normalized spacial score (nSPS) is 22.1. The van der Waals surface area contributed by atoms with Gasteiger partial charge in [-0.2, -0.15) is 0 Å². The maximum Gasteiger partial charge on any atom is 0.278 e. The molecule has 2 atom stereocenters. The molecule has 6 nitrogen and oxygen atoms in total. The molecule has 0 aromatic heterocycles. The number of carbonyl (C=O) groups excluding carboxylic acids is 2. The second kappa shape index (κ2) is 6.38. The van der Waals surface area contributed by atoms with Crippen LogP contribution in [0.4, 0.5) is 0 Å². The average Bonchev–Trinajstić information content (AvgIpc) is 2.43. The number of carboxylic acid groups (broad SMARTS) is 1. The number of hydrogen-bond acceptors (Lipinski definition) is 4. The Kier molecular flexibility index (Phi) is 4.57. The first-order valence-electron chi connectivity index (χ1n) is 6.56. The van der Waals surface area contributed by atoms with Gasteiger partial charge in [-0.3, -0.25) is 4.79 Å². The predicted molar refractivity (Wildman–Crippen MR) is 68.9 cm³/mol. The number of amides is 1. The van der Waals surface area contributed by atoms with Crippen LogP contribution in [0.15, 0.2) is 24.3 Å². The first kappa shape index (κ1) is 14.3. The van der Waals surface area contributed by atoms with Gasteiger partial charge in [-0.15, -0.1) is 0 Å². The lowest BCUT2D eigenvalue weighted by Gasteiger charge is -2.32. The number of carbonyl (C=O) groups is 2. The van der Waals surface area contributed by atoms with Gasteiger partial charge in [0.15, 0.2) is 6.04 Å². The van der Waals surface area contributed by atoms with Crippen LogP contribution < -0.4 is 20.1 Å². The van der Waals surface area contributed by atoms with Crippen molar-refractivity contribution >= 4 is 11.9 Å². The molecule has 1 aliphatic heterocycles. The van der Waals surface area contributed by atoms with Crippen molar-refractivity contribution in [3.05, 3.63) is 29.8 Å². The molecule has 0 aliphatic carbocycles. The molecule has 0 radical (unpaired) electrons. The number of rotatable bonds is 5. The van der Waals surface area contributed by atoms with Gasteiger partial charge in [-0.1, -0.05) is 12.1 Å². The molecule has 1 saturated heterocycles. The number of ether oxygens (including phenoxy) is 1. The first-order valence-corrected chi connectivity index (χ1v) is 6.56. The van der Waals surface area contributed by atoms with E-state index in [1.165, 1.54) is 0 Å². The number of quaternary nitrogens is 1. The molecule has 1 heterocycles. The predicted octanol–water partition coefficient (Wildman–Crippen LogP) is -2.28. The van der Waals surface area contributed by atoms with Crippen LogP contribution >= 0.6 is 0 Å². The highest BCUT2D eigenvalue weighted by atomic mass is 16.5. The highest BCUT2D eigenvalue weighted by Gasteiger charge is 2.33. The molecule has 0 spiro atoms. The molecule has 1 unspecified atom stereocenters. The summed E-state index contributed by atoms with van der Waals surface area (Å²) in [5.41, 5.74) is 0.961. The van der Waals surface area contributed by atoms with Gasteiger partial charge >= 0.3 is 0 Å². The van der Waals surface area contributed by atoms with E-state index >= 15 is 0 Å². The van der Waals surface area contributed by atoms with E-state index in [1.54, 1.807) is 7.11 Å². The number of methoxy groups -OCH3 is 1. The molecule has 108 valence electrons. The molecule has 1 aliphatic rings. The van der Waals surface area contributed by atoms with E-state index < -0.39 is 12.0 Å². The third kappa shape index (κ3) is 3.27. The molecular weight excluding hydrogens is 260 g/mol. The number of hydrogen-bond donors (Lipinski definition) is 2. The Bertz CT molecular complexity index is 504. The van der Waals surface area contributed by atoms with Gasteiger partial charge in [-0.05, 0) is 12.1 Å². The minimum Gasteiger partial charge on any atom is -0.550 e. The maximum atomic E-state index is 11.8. The summed E-state index contributed by atoms with van der Waals surface area (Å²) in [6.45, 7) is 1.78. The third-order valence-electron chi connectivity index (χ3n) is 3.54. The van der Waals surface area contributed by atoms with Crippen molar-refractivity contribution in [3.63, 3.8) is 0 Å². The molecule has 2 rings (SSSR count). The molecule has 1 aromatic carbocycles. The lowest BCUT2D eigenvalue weighted by molar-refractivity contribution is -0.930. The van der Waals surface area contributed by atoms with Gasteiger partial charge in [0, 0.05) is 18.0 Å². The summed E-state index contributed by atoms with van der Waals surface area (Å²) < 4.78 is 5.29. The van der Waals surface area contributed by atoms with Crippen molar-refractivity contribution in [1.29, 1.82) is 0 Å². The van der Waals surface area contributed by atoms with E-state index in [1.807, 2.05) is 24.3 Å². The second-order valence-corrected chi connectivity index (χ2v) is 4.82. The van der Waals surface area contributed by atoms with Crippen LogP contribution in [0.2, 0.25) is 0 Å². The zero-order valence-corrected chi connectivity index (χ0v) is 11.3. The molecule has 0 saturated carbocycles. The summed E-state index contributed by atoms with van der Waals surface area (Å²) >= 11 is 0. The molecule has 1 aromatic rings. The Hall–Kier alpha value is -2.08. The molecule has 0 bridgehead atoms. The van der Waals surface area contributed by atoms with Crippen LogP contribution in [-0.2, 0) is 16.1 Å².